The Kier molecular flexibility index (Phi) is 3.83. The summed E-state index contributed by atoms with van der Waals surface area (Å²) in [5.41, 5.74) is 0.890. The van der Waals surface area contributed by atoms with Crippen molar-refractivity contribution >= 4 is 5.69 Å². The van der Waals surface area contributed by atoms with Crippen molar-refractivity contribution in [2.75, 3.05) is 31.6 Å². The Morgan fingerprint density at radius 2 is 2.22 bits per heavy atom. The van der Waals surface area contributed by atoms with Crippen LogP contribution in [0.15, 0.2) is 18.2 Å². The summed E-state index contributed by atoms with van der Waals surface area (Å²) in [4.78, 5) is 4.44. The van der Waals surface area contributed by atoms with Gasteiger partial charge in [-0.1, -0.05) is 13.0 Å². The molecule has 1 aliphatic heterocycles. The molecule has 0 bridgehead atoms. The molecule has 3 nitrogen and oxygen atoms in total. The Hall–Kier alpha value is -1.60. The van der Waals surface area contributed by atoms with Gasteiger partial charge in [-0.3, -0.25) is 4.90 Å². The molecule has 0 saturated carbocycles. The van der Waals surface area contributed by atoms with Crippen LogP contribution in [0.25, 0.3) is 0 Å². The number of hydrogen-bond donors (Lipinski definition) is 0. The maximum atomic E-state index is 13.6. The lowest BCUT2D eigenvalue weighted by Crippen LogP contribution is -2.51. The highest BCUT2D eigenvalue weighted by Crippen LogP contribution is 2.25. The Morgan fingerprint density at radius 1 is 1.44 bits per heavy atom. The lowest BCUT2D eigenvalue weighted by atomic mass is 10.1. The quantitative estimate of drug-likeness (QED) is 0.803. The Balaban J connectivity index is 2.28. The van der Waals surface area contributed by atoms with Gasteiger partial charge in [0.2, 0.25) is 0 Å². The molecule has 0 radical (unpaired) electrons. The summed E-state index contributed by atoms with van der Waals surface area (Å²) in [6.45, 7) is 4.79. The van der Waals surface area contributed by atoms with Crippen LogP contribution in [0, 0.1) is 17.1 Å². The molecule has 1 fully saturated rings. The van der Waals surface area contributed by atoms with Crippen LogP contribution in [-0.2, 0) is 0 Å². The second kappa shape index (κ2) is 5.36. The molecule has 1 aromatic carbocycles. The molecule has 2 rings (SSSR count). The van der Waals surface area contributed by atoms with Gasteiger partial charge in [0.25, 0.3) is 0 Å². The number of nitriles is 1. The highest BCUT2D eigenvalue weighted by molar-refractivity contribution is 5.60. The molecule has 0 spiro atoms. The number of rotatable bonds is 2. The summed E-state index contributed by atoms with van der Waals surface area (Å²) < 4.78 is 13.6. The van der Waals surface area contributed by atoms with Crippen molar-refractivity contribution in [3.8, 4) is 6.07 Å². The maximum Gasteiger partial charge on any atom is 0.143 e. The van der Waals surface area contributed by atoms with Gasteiger partial charge in [-0.25, -0.2) is 4.39 Å². The van der Waals surface area contributed by atoms with E-state index in [1.807, 2.05) is 12.1 Å². The third-order valence-corrected chi connectivity index (χ3v) is 3.69. The van der Waals surface area contributed by atoms with Crippen molar-refractivity contribution in [3.63, 3.8) is 0 Å². The number of halogens is 1. The van der Waals surface area contributed by atoms with E-state index in [4.69, 9.17) is 5.26 Å². The Morgan fingerprint density at radius 3 is 2.89 bits per heavy atom. The van der Waals surface area contributed by atoms with Gasteiger partial charge in [0, 0.05) is 25.7 Å². The van der Waals surface area contributed by atoms with Crippen molar-refractivity contribution < 1.29 is 4.39 Å². The summed E-state index contributed by atoms with van der Waals surface area (Å²) in [5.74, 6) is -0.429. The lowest BCUT2D eigenvalue weighted by Gasteiger charge is -2.40. The van der Waals surface area contributed by atoms with Gasteiger partial charge in [0.15, 0.2) is 0 Å². The standard InChI is InChI=1S/C14H18FN3/c1-3-11-10-18(8-7-17(11)2)14-6-4-5-13(15)12(14)9-16/h4-6,11H,3,7-8,10H2,1-2H3. The average Bonchev–Trinajstić information content (AvgIpc) is 2.39. The summed E-state index contributed by atoms with van der Waals surface area (Å²) in [5, 5.41) is 9.08. The van der Waals surface area contributed by atoms with Crippen LogP contribution in [0.4, 0.5) is 10.1 Å². The van der Waals surface area contributed by atoms with Crippen LogP contribution in [0.1, 0.15) is 18.9 Å². The van der Waals surface area contributed by atoms with Crippen LogP contribution in [0.3, 0.4) is 0 Å². The zero-order valence-corrected chi connectivity index (χ0v) is 10.9. The Labute approximate surface area is 107 Å². The molecule has 4 heteroatoms. The predicted molar refractivity (Wildman–Crippen MR) is 70.0 cm³/mol. The molecular formula is C14H18FN3. The number of anilines is 1. The first kappa shape index (κ1) is 12.8. The Bertz CT molecular complexity index is 467. The first-order valence-electron chi connectivity index (χ1n) is 6.31. The molecule has 1 saturated heterocycles. The smallest absolute Gasteiger partial charge is 0.143 e. The van der Waals surface area contributed by atoms with Crippen molar-refractivity contribution in [1.82, 2.24) is 4.90 Å². The van der Waals surface area contributed by atoms with Gasteiger partial charge < -0.3 is 4.90 Å². The fourth-order valence-electron chi connectivity index (χ4n) is 2.49. The average molecular weight is 247 g/mol. The van der Waals surface area contributed by atoms with E-state index < -0.39 is 5.82 Å². The number of benzene rings is 1. The van der Waals surface area contributed by atoms with E-state index in [1.165, 1.54) is 6.07 Å². The molecule has 1 heterocycles. The first-order chi connectivity index (χ1) is 8.67. The fraction of sp³-hybridized carbons (Fsp3) is 0.500. The number of nitrogens with zero attached hydrogens (tertiary/aromatic N) is 3. The van der Waals surface area contributed by atoms with Crippen LogP contribution >= 0.6 is 0 Å². The molecule has 18 heavy (non-hydrogen) atoms. The molecule has 0 aromatic heterocycles. The lowest BCUT2D eigenvalue weighted by molar-refractivity contribution is 0.213. The largest absolute Gasteiger partial charge is 0.368 e. The van der Waals surface area contributed by atoms with Crippen LogP contribution < -0.4 is 4.90 Å². The van der Waals surface area contributed by atoms with Crippen LogP contribution in [0.5, 0.6) is 0 Å². The van der Waals surface area contributed by atoms with Crippen molar-refractivity contribution in [2.45, 2.75) is 19.4 Å². The van der Waals surface area contributed by atoms with Crippen molar-refractivity contribution in [1.29, 1.82) is 5.26 Å². The number of likely N-dealkylation sites (N-methyl/N-ethyl adjacent to an activating group) is 1. The second-order valence-corrected chi connectivity index (χ2v) is 4.73. The van der Waals surface area contributed by atoms with E-state index in [-0.39, 0.29) is 5.56 Å². The van der Waals surface area contributed by atoms with Gasteiger partial charge in [0.05, 0.1) is 5.69 Å². The maximum absolute atomic E-state index is 13.6. The van der Waals surface area contributed by atoms with E-state index in [0.29, 0.717) is 6.04 Å². The van der Waals surface area contributed by atoms with Crippen molar-refractivity contribution in [3.05, 3.63) is 29.6 Å². The van der Waals surface area contributed by atoms with Crippen molar-refractivity contribution in [2.24, 2.45) is 0 Å². The monoisotopic (exact) mass is 247 g/mol. The fourth-order valence-corrected chi connectivity index (χ4v) is 2.49. The zero-order chi connectivity index (χ0) is 13.1. The van der Waals surface area contributed by atoms with Crippen LogP contribution in [-0.4, -0.2) is 37.6 Å². The molecular weight excluding hydrogens is 229 g/mol. The third kappa shape index (κ3) is 2.32. The second-order valence-electron chi connectivity index (χ2n) is 4.73. The first-order valence-corrected chi connectivity index (χ1v) is 6.31. The zero-order valence-electron chi connectivity index (χ0n) is 10.9. The van der Waals surface area contributed by atoms with Gasteiger partial charge >= 0.3 is 0 Å². The van der Waals surface area contributed by atoms with Gasteiger partial charge in [-0.2, -0.15) is 5.26 Å². The van der Waals surface area contributed by atoms with E-state index in [2.05, 4.69) is 23.8 Å². The van der Waals surface area contributed by atoms with E-state index in [9.17, 15) is 4.39 Å². The molecule has 0 amide bonds. The summed E-state index contributed by atoms with van der Waals surface area (Å²) in [6.07, 6.45) is 1.06. The minimum atomic E-state index is -0.429. The minimum Gasteiger partial charge on any atom is -0.368 e. The van der Waals surface area contributed by atoms with Gasteiger partial charge in [-0.05, 0) is 25.6 Å². The predicted octanol–water partition coefficient (Wildman–Crippen LogP) is 2.23. The van der Waals surface area contributed by atoms with Gasteiger partial charge in [0.1, 0.15) is 17.4 Å². The summed E-state index contributed by atoms with van der Waals surface area (Å²) in [7, 11) is 2.11. The highest BCUT2D eigenvalue weighted by atomic mass is 19.1. The molecule has 0 aliphatic carbocycles. The molecule has 1 unspecified atom stereocenters. The van der Waals surface area contributed by atoms with Gasteiger partial charge in [-0.15, -0.1) is 0 Å². The summed E-state index contributed by atoms with van der Waals surface area (Å²) >= 11 is 0. The molecule has 1 aromatic rings. The topological polar surface area (TPSA) is 30.3 Å². The molecule has 1 aliphatic rings. The summed E-state index contributed by atoms with van der Waals surface area (Å²) in [6, 6.07) is 7.29. The highest BCUT2D eigenvalue weighted by Gasteiger charge is 2.25. The molecule has 0 N–H and O–H groups in total. The number of hydrogen-bond acceptors (Lipinski definition) is 3. The number of piperazine rings is 1. The molecule has 96 valence electrons. The third-order valence-electron chi connectivity index (χ3n) is 3.69. The SMILES string of the molecule is CCC1CN(c2cccc(F)c2C#N)CCN1C. The normalized spacial score (nSPS) is 20.8. The van der Waals surface area contributed by atoms with E-state index in [1.54, 1.807) is 6.07 Å². The van der Waals surface area contributed by atoms with Crippen LogP contribution in [0.2, 0.25) is 0 Å². The minimum absolute atomic E-state index is 0.164. The van der Waals surface area contributed by atoms with E-state index >= 15 is 0 Å². The van der Waals surface area contributed by atoms with E-state index in [0.717, 1.165) is 31.7 Å². The molecule has 1 atom stereocenters.